The summed E-state index contributed by atoms with van der Waals surface area (Å²) in [6.45, 7) is 6.08. The Morgan fingerprint density at radius 3 is 2.32 bits per heavy atom. The zero-order valence-corrected chi connectivity index (χ0v) is 22.6. The summed E-state index contributed by atoms with van der Waals surface area (Å²) in [7, 11) is 2.37. The highest BCUT2D eigenvalue weighted by atomic mass is 35.5. The zero-order valence-electron chi connectivity index (χ0n) is 21.8. The molecule has 1 amide bonds. The number of alkyl carbamates (subject to hydrolysis) is 1. The zero-order chi connectivity index (χ0) is 27.4. The molecule has 3 aromatic carbocycles. The SMILES string of the molecule is CO.COC(=O)Cc1ccccc1OCc1cccc(-c2cc(Cl)cc(CNC(=O)OC(C)(C)C)c2)c1. The third-order valence-corrected chi connectivity index (χ3v) is 5.20. The fourth-order valence-electron chi connectivity index (χ4n) is 3.43. The first-order chi connectivity index (χ1) is 17.6. The van der Waals surface area contributed by atoms with Gasteiger partial charge in [0.1, 0.15) is 18.0 Å². The minimum absolute atomic E-state index is 0.148. The molecular formula is C29H34ClNO6. The molecule has 0 unspecified atom stereocenters. The number of aliphatic hydroxyl groups excluding tert-OH is 1. The first-order valence-corrected chi connectivity index (χ1v) is 12.1. The van der Waals surface area contributed by atoms with Crippen LogP contribution in [-0.4, -0.2) is 37.0 Å². The van der Waals surface area contributed by atoms with Gasteiger partial charge in [0.15, 0.2) is 0 Å². The molecule has 198 valence electrons. The molecule has 3 rings (SSSR count). The maximum absolute atomic E-state index is 12.0. The van der Waals surface area contributed by atoms with Crippen LogP contribution in [0.3, 0.4) is 0 Å². The van der Waals surface area contributed by atoms with E-state index < -0.39 is 11.7 Å². The van der Waals surface area contributed by atoms with Gasteiger partial charge in [-0.1, -0.05) is 48.0 Å². The molecule has 0 aliphatic carbocycles. The Bertz CT molecular complexity index is 1190. The normalized spacial score (nSPS) is 10.6. The predicted octanol–water partition coefficient (Wildman–Crippen LogP) is 5.93. The van der Waals surface area contributed by atoms with Gasteiger partial charge < -0.3 is 24.6 Å². The minimum atomic E-state index is -0.564. The van der Waals surface area contributed by atoms with E-state index in [1.807, 2.05) is 87.5 Å². The van der Waals surface area contributed by atoms with Crippen molar-refractivity contribution in [2.75, 3.05) is 14.2 Å². The van der Waals surface area contributed by atoms with E-state index in [2.05, 4.69) is 5.32 Å². The average Bonchev–Trinajstić information content (AvgIpc) is 2.87. The highest BCUT2D eigenvalue weighted by Gasteiger charge is 2.16. The standard InChI is InChI=1S/C28H30ClNO5.CH4O/c1-28(2,3)35-27(32)30-17-20-13-23(15-24(29)14-20)21-10-7-8-19(12-21)18-34-25-11-6-5-9-22(25)16-26(31)33-4;1-2/h5-15H,16-18H2,1-4H3,(H,30,32);2H,1H3. The van der Waals surface area contributed by atoms with Gasteiger partial charge >= 0.3 is 12.1 Å². The van der Waals surface area contributed by atoms with Gasteiger partial charge in [0.25, 0.3) is 0 Å². The number of hydrogen-bond acceptors (Lipinski definition) is 6. The van der Waals surface area contributed by atoms with Crippen LogP contribution in [0, 0.1) is 0 Å². The molecule has 37 heavy (non-hydrogen) atoms. The maximum Gasteiger partial charge on any atom is 0.407 e. The fraction of sp³-hybridized carbons (Fsp3) is 0.310. The lowest BCUT2D eigenvalue weighted by Gasteiger charge is -2.19. The van der Waals surface area contributed by atoms with Gasteiger partial charge in [0, 0.05) is 24.2 Å². The molecular weight excluding hydrogens is 494 g/mol. The number of benzene rings is 3. The van der Waals surface area contributed by atoms with Crippen molar-refractivity contribution in [1.82, 2.24) is 5.32 Å². The molecule has 0 radical (unpaired) electrons. The molecule has 0 saturated heterocycles. The second-order valence-corrected chi connectivity index (χ2v) is 9.49. The molecule has 0 aliphatic heterocycles. The average molecular weight is 528 g/mol. The Kier molecular flexibility index (Phi) is 11.4. The van der Waals surface area contributed by atoms with Crippen molar-refractivity contribution in [2.24, 2.45) is 0 Å². The van der Waals surface area contributed by atoms with Crippen molar-refractivity contribution in [3.8, 4) is 16.9 Å². The third kappa shape index (κ3) is 10.1. The number of hydrogen-bond donors (Lipinski definition) is 2. The van der Waals surface area contributed by atoms with Crippen LogP contribution in [0.25, 0.3) is 11.1 Å². The monoisotopic (exact) mass is 527 g/mol. The van der Waals surface area contributed by atoms with Crippen molar-refractivity contribution in [3.63, 3.8) is 0 Å². The molecule has 2 N–H and O–H groups in total. The van der Waals surface area contributed by atoms with E-state index in [0.717, 1.165) is 34.9 Å². The number of para-hydroxylation sites is 1. The lowest BCUT2D eigenvalue weighted by atomic mass is 10.0. The Morgan fingerprint density at radius 2 is 1.62 bits per heavy atom. The highest BCUT2D eigenvalue weighted by Crippen LogP contribution is 2.27. The molecule has 0 spiro atoms. The van der Waals surface area contributed by atoms with E-state index in [0.29, 0.717) is 23.9 Å². The van der Waals surface area contributed by atoms with Gasteiger partial charge in [0.2, 0.25) is 0 Å². The molecule has 0 aromatic heterocycles. The number of esters is 1. The summed E-state index contributed by atoms with van der Waals surface area (Å²) >= 11 is 6.37. The van der Waals surface area contributed by atoms with E-state index in [4.69, 9.17) is 30.9 Å². The molecule has 0 fully saturated rings. The number of methoxy groups -OCH3 is 1. The summed E-state index contributed by atoms with van der Waals surface area (Å²) < 4.78 is 16.1. The molecule has 7 nitrogen and oxygen atoms in total. The van der Waals surface area contributed by atoms with Crippen LogP contribution < -0.4 is 10.1 Å². The lowest BCUT2D eigenvalue weighted by Crippen LogP contribution is -2.32. The van der Waals surface area contributed by atoms with Gasteiger partial charge in [-0.3, -0.25) is 4.79 Å². The molecule has 8 heteroatoms. The van der Waals surface area contributed by atoms with Crippen LogP contribution in [0.4, 0.5) is 4.79 Å². The van der Waals surface area contributed by atoms with Crippen molar-refractivity contribution in [3.05, 3.63) is 88.4 Å². The summed E-state index contributed by atoms with van der Waals surface area (Å²) in [6, 6.07) is 21.0. The van der Waals surface area contributed by atoms with Crippen molar-refractivity contribution < 1.29 is 28.9 Å². The Labute approximate surface area is 223 Å². The van der Waals surface area contributed by atoms with E-state index in [9.17, 15) is 9.59 Å². The summed E-state index contributed by atoms with van der Waals surface area (Å²) in [5, 5.41) is 10.3. The predicted molar refractivity (Wildman–Crippen MR) is 145 cm³/mol. The van der Waals surface area contributed by atoms with Crippen molar-refractivity contribution >= 4 is 23.7 Å². The van der Waals surface area contributed by atoms with Gasteiger partial charge in [-0.2, -0.15) is 0 Å². The molecule has 0 aliphatic rings. The number of ether oxygens (including phenoxy) is 3. The van der Waals surface area contributed by atoms with Crippen LogP contribution in [0.2, 0.25) is 5.02 Å². The first-order valence-electron chi connectivity index (χ1n) is 11.7. The van der Waals surface area contributed by atoms with Crippen LogP contribution in [0.1, 0.15) is 37.5 Å². The van der Waals surface area contributed by atoms with Crippen molar-refractivity contribution in [2.45, 2.75) is 45.9 Å². The Hall–Kier alpha value is -3.55. The molecule has 0 bridgehead atoms. The molecule has 0 heterocycles. The van der Waals surface area contributed by atoms with Crippen LogP contribution in [0.5, 0.6) is 5.75 Å². The second-order valence-electron chi connectivity index (χ2n) is 9.05. The summed E-state index contributed by atoms with van der Waals surface area (Å²) in [4.78, 5) is 23.7. The molecule has 0 saturated carbocycles. The Morgan fingerprint density at radius 1 is 0.919 bits per heavy atom. The number of carbonyl (C=O) groups excluding carboxylic acids is 2. The number of nitrogens with one attached hydrogen (secondary N) is 1. The van der Waals surface area contributed by atoms with Crippen molar-refractivity contribution in [1.29, 1.82) is 0 Å². The van der Waals surface area contributed by atoms with Gasteiger partial charge in [0.05, 0.1) is 13.5 Å². The van der Waals surface area contributed by atoms with Gasteiger partial charge in [-0.15, -0.1) is 0 Å². The first kappa shape index (κ1) is 29.7. The summed E-state index contributed by atoms with van der Waals surface area (Å²) in [6.07, 6.45) is -0.333. The molecule has 3 aromatic rings. The van der Waals surface area contributed by atoms with E-state index >= 15 is 0 Å². The summed E-state index contributed by atoms with van der Waals surface area (Å²) in [5.74, 6) is 0.322. The minimum Gasteiger partial charge on any atom is -0.489 e. The lowest BCUT2D eigenvalue weighted by molar-refractivity contribution is -0.139. The number of halogens is 1. The fourth-order valence-corrected chi connectivity index (χ4v) is 3.69. The van der Waals surface area contributed by atoms with E-state index in [1.54, 1.807) is 0 Å². The van der Waals surface area contributed by atoms with Gasteiger partial charge in [-0.25, -0.2) is 4.79 Å². The second kappa shape index (κ2) is 14.3. The van der Waals surface area contributed by atoms with Crippen LogP contribution in [-0.2, 0) is 33.8 Å². The maximum atomic E-state index is 12.0. The third-order valence-electron chi connectivity index (χ3n) is 4.98. The largest absolute Gasteiger partial charge is 0.489 e. The highest BCUT2D eigenvalue weighted by molar-refractivity contribution is 6.31. The topological polar surface area (TPSA) is 94.1 Å². The number of aliphatic hydroxyl groups is 1. The van der Waals surface area contributed by atoms with Crippen LogP contribution >= 0.6 is 11.6 Å². The van der Waals surface area contributed by atoms with E-state index in [-0.39, 0.29) is 12.4 Å². The summed E-state index contributed by atoms with van der Waals surface area (Å²) in [5.41, 5.74) is 3.92. The molecule has 0 atom stereocenters. The quantitative estimate of drug-likeness (QED) is 0.352. The number of rotatable bonds is 8. The number of amides is 1. The Balaban J connectivity index is 0.00000235. The smallest absolute Gasteiger partial charge is 0.407 e. The van der Waals surface area contributed by atoms with Crippen LogP contribution in [0.15, 0.2) is 66.7 Å². The van der Waals surface area contributed by atoms with E-state index in [1.165, 1.54) is 7.11 Å². The number of carbonyl (C=O) groups is 2. The van der Waals surface area contributed by atoms with Gasteiger partial charge in [-0.05, 0) is 73.4 Å².